The molecular weight excluding hydrogens is 310 g/mol. The Morgan fingerprint density at radius 1 is 1.29 bits per heavy atom. The average Bonchev–Trinajstić information content (AvgIpc) is 2.60. The molecule has 132 valence electrons. The van der Waals surface area contributed by atoms with Crippen LogP contribution in [0.3, 0.4) is 0 Å². The SMILES string of the molecule is CCC(OC1CCCCC1)C(=O)Nc1ccc(C(=O)O)c(OC)c1. The van der Waals surface area contributed by atoms with Gasteiger partial charge in [0.25, 0.3) is 5.91 Å². The molecule has 0 spiro atoms. The number of nitrogens with one attached hydrogen (secondary N) is 1. The Morgan fingerprint density at radius 2 is 2.00 bits per heavy atom. The molecule has 0 aliphatic heterocycles. The molecule has 0 bridgehead atoms. The number of ether oxygens (including phenoxy) is 2. The van der Waals surface area contributed by atoms with Gasteiger partial charge >= 0.3 is 5.97 Å². The molecule has 0 heterocycles. The zero-order chi connectivity index (χ0) is 17.5. The Labute approximate surface area is 142 Å². The van der Waals surface area contributed by atoms with Crippen LogP contribution in [0, 0.1) is 0 Å². The number of hydrogen-bond donors (Lipinski definition) is 2. The second-order valence-electron chi connectivity index (χ2n) is 6.00. The summed E-state index contributed by atoms with van der Waals surface area (Å²) in [6.45, 7) is 1.92. The summed E-state index contributed by atoms with van der Waals surface area (Å²) in [6.07, 6.45) is 5.78. The third-order valence-electron chi connectivity index (χ3n) is 4.27. The van der Waals surface area contributed by atoms with Gasteiger partial charge < -0.3 is 19.9 Å². The average molecular weight is 335 g/mol. The van der Waals surface area contributed by atoms with E-state index in [4.69, 9.17) is 14.6 Å². The number of amides is 1. The van der Waals surface area contributed by atoms with Gasteiger partial charge in [0.1, 0.15) is 17.4 Å². The Balaban J connectivity index is 2.02. The summed E-state index contributed by atoms with van der Waals surface area (Å²) >= 11 is 0. The zero-order valence-electron chi connectivity index (χ0n) is 14.2. The quantitative estimate of drug-likeness (QED) is 0.797. The fraction of sp³-hybridized carbons (Fsp3) is 0.556. The van der Waals surface area contributed by atoms with Crippen LogP contribution in [-0.2, 0) is 9.53 Å². The molecule has 2 rings (SSSR count). The van der Waals surface area contributed by atoms with E-state index in [0.717, 1.165) is 25.7 Å². The van der Waals surface area contributed by atoms with Crippen molar-refractivity contribution in [2.45, 2.75) is 57.7 Å². The maximum atomic E-state index is 12.4. The molecule has 0 radical (unpaired) electrons. The van der Waals surface area contributed by atoms with E-state index in [1.807, 2.05) is 6.92 Å². The third kappa shape index (κ3) is 4.71. The van der Waals surface area contributed by atoms with Gasteiger partial charge in [-0.25, -0.2) is 4.79 Å². The summed E-state index contributed by atoms with van der Waals surface area (Å²) in [7, 11) is 1.40. The summed E-state index contributed by atoms with van der Waals surface area (Å²) in [4.78, 5) is 23.5. The number of rotatable bonds is 7. The van der Waals surface area contributed by atoms with E-state index in [1.54, 1.807) is 6.07 Å². The second-order valence-corrected chi connectivity index (χ2v) is 6.00. The van der Waals surface area contributed by atoms with E-state index < -0.39 is 12.1 Å². The number of hydrogen-bond acceptors (Lipinski definition) is 4. The smallest absolute Gasteiger partial charge is 0.339 e. The molecule has 1 fully saturated rings. The molecule has 1 aromatic rings. The Kier molecular flexibility index (Phi) is 6.61. The minimum Gasteiger partial charge on any atom is -0.496 e. The maximum absolute atomic E-state index is 12.4. The minimum atomic E-state index is -1.07. The van der Waals surface area contributed by atoms with Crippen molar-refractivity contribution in [1.82, 2.24) is 0 Å². The van der Waals surface area contributed by atoms with Crippen LogP contribution < -0.4 is 10.1 Å². The third-order valence-corrected chi connectivity index (χ3v) is 4.27. The monoisotopic (exact) mass is 335 g/mol. The van der Waals surface area contributed by atoms with Gasteiger partial charge in [0.15, 0.2) is 0 Å². The molecule has 6 heteroatoms. The van der Waals surface area contributed by atoms with Crippen LogP contribution in [0.4, 0.5) is 5.69 Å². The topological polar surface area (TPSA) is 84.9 Å². The van der Waals surface area contributed by atoms with Gasteiger partial charge in [0, 0.05) is 11.8 Å². The number of carbonyl (C=O) groups is 2. The largest absolute Gasteiger partial charge is 0.496 e. The number of methoxy groups -OCH3 is 1. The van der Waals surface area contributed by atoms with Crippen molar-refractivity contribution in [2.75, 3.05) is 12.4 Å². The molecule has 1 aliphatic carbocycles. The van der Waals surface area contributed by atoms with Crippen LogP contribution in [0.2, 0.25) is 0 Å². The molecule has 6 nitrogen and oxygen atoms in total. The fourth-order valence-corrected chi connectivity index (χ4v) is 2.95. The predicted octanol–water partition coefficient (Wildman–Crippen LogP) is 3.46. The highest BCUT2D eigenvalue weighted by molar-refractivity contribution is 5.96. The van der Waals surface area contributed by atoms with Gasteiger partial charge in [-0.15, -0.1) is 0 Å². The summed E-state index contributed by atoms with van der Waals surface area (Å²) in [6, 6.07) is 4.48. The van der Waals surface area contributed by atoms with Crippen LogP contribution >= 0.6 is 0 Å². The summed E-state index contributed by atoms with van der Waals surface area (Å²) in [5.41, 5.74) is 0.550. The van der Waals surface area contributed by atoms with E-state index in [-0.39, 0.29) is 23.3 Å². The number of carboxylic acid groups (broad SMARTS) is 1. The van der Waals surface area contributed by atoms with Crippen LogP contribution in [-0.4, -0.2) is 36.3 Å². The lowest BCUT2D eigenvalue weighted by Crippen LogP contribution is -2.34. The van der Waals surface area contributed by atoms with E-state index >= 15 is 0 Å². The first kappa shape index (κ1) is 18.3. The molecule has 24 heavy (non-hydrogen) atoms. The molecule has 1 aromatic carbocycles. The first-order chi connectivity index (χ1) is 11.5. The normalized spacial score (nSPS) is 16.4. The van der Waals surface area contributed by atoms with Gasteiger partial charge in [0.2, 0.25) is 0 Å². The van der Waals surface area contributed by atoms with E-state index in [9.17, 15) is 9.59 Å². The molecule has 0 aromatic heterocycles. The maximum Gasteiger partial charge on any atom is 0.339 e. The van der Waals surface area contributed by atoms with Crippen molar-refractivity contribution in [3.8, 4) is 5.75 Å². The number of benzene rings is 1. The molecule has 0 saturated heterocycles. The second kappa shape index (κ2) is 8.68. The highest BCUT2D eigenvalue weighted by Crippen LogP contribution is 2.25. The van der Waals surface area contributed by atoms with Gasteiger partial charge in [-0.3, -0.25) is 4.79 Å². The van der Waals surface area contributed by atoms with Crippen molar-refractivity contribution >= 4 is 17.6 Å². The van der Waals surface area contributed by atoms with E-state index in [0.29, 0.717) is 12.1 Å². The van der Waals surface area contributed by atoms with Crippen molar-refractivity contribution < 1.29 is 24.2 Å². The minimum absolute atomic E-state index is 0.0565. The van der Waals surface area contributed by atoms with Crippen molar-refractivity contribution in [1.29, 1.82) is 0 Å². The van der Waals surface area contributed by atoms with E-state index in [1.165, 1.54) is 25.7 Å². The lowest BCUT2D eigenvalue weighted by molar-refractivity contribution is -0.132. The first-order valence-corrected chi connectivity index (χ1v) is 8.42. The molecule has 1 atom stereocenters. The zero-order valence-corrected chi connectivity index (χ0v) is 14.2. The molecule has 2 N–H and O–H groups in total. The van der Waals surface area contributed by atoms with E-state index in [2.05, 4.69) is 5.32 Å². The summed E-state index contributed by atoms with van der Waals surface area (Å²) in [5.74, 6) is -1.08. The van der Waals surface area contributed by atoms with Gasteiger partial charge in [-0.05, 0) is 31.4 Å². The number of aromatic carboxylic acids is 1. The van der Waals surface area contributed by atoms with Crippen LogP contribution in [0.5, 0.6) is 5.75 Å². The number of carboxylic acids is 1. The Hall–Kier alpha value is -2.08. The fourth-order valence-electron chi connectivity index (χ4n) is 2.95. The predicted molar refractivity (Wildman–Crippen MR) is 90.6 cm³/mol. The first-order valence-electron chi connectivity index (χ1n) is 8.42. The summed E-state index contributed by atoms with van der Waals surface area (Å²) in [5, 5.41) is 11.9. The Bertz CT molecular complexity index is 581. The van der Waals surface area contributed by atoms with Gasteiger partial charge in [-0.2, -0.15) is 0 Å². The number of anilines is 1. The number of carbonyl (C=O) groups excluding carboxylic acids is 1. The summed E-state index contributed by atoms with van der Waals surface area (Å²) < 4.78 is 11.0. The van der Waals surface area contributed by atoms with Gasteiger partial charge in [-0.1, -0.05) is 26.2 Å². The van der Waals surface area contributed by atoms with Crippen molar-refractivity contribution in [2.24, 2.45) is 0 Å². The molecule has 1 saturated carbocycles. The van der Waals surface area contributed by atoms with Crippen LogP contribution in [0.1, 0.15) is 55.8 Å². The molecular formula is C18H25NO5. The van der Waals surface area contributed by atoms with Gasteiger partial charge in [0.05, 0.1) is 13.2 Å². The Morgan fingerprint density at radius 3 is 2.58 bits per heavy atom. The molecule has 1 aliphatic rings. The van der Waals surface area contributed by atoms with Crippen LogP contribution in [0.15, 0.2) is 18.2 Å². The van der Waals surface area contributed by atoms with Crippen molar-refractivity contribution in [3.63, 3.8) is 0 Å². The standard InChI is InChI=1S/C18H25NO5/c1-3-15(24-13-7-5-4-6-8-13)17(20)19-12-9-10-14(18(21)22)16(11-12)23-2/h9-11,13,15H,3-8H2,1-2H3,(H,19,20)(H,21,22). The lowest BCUT2D eigenvalue weighted by Gasteiger charge is -2.26. The van der Waals surface area contributed by atoms with Crippen LogP contribution in [0.25, 0.3) is 0 Å². The molecule has 1 unspecified atom stereocenters. The van der Waals surface area contributed by atoms with Crippen molar-refractivity contribution in [3.05, 3.63) is 23.8 Å². The molecule has 1 amide bonds. The highest BCUT2D eigenvalue weighted by Gasteiger charge is 2.24. The highest BCUT2D eigenvalue weighted by atomic mass is 16.5. The lowest BCUT2D eigenvalue weighted by atomic mass is 9.97.